The number of rotatable bonds is 8. The summed E-state index contributed by atoms with van der Waals surface area (Å²) in [5, 5.41) is 10.5. The van der Waals surface area contributed by atoms with Crippen LogP contribution in [-0.2, 0) is 21.1 Å². The van der Waals surface area contributed by atoms with Crippen LogP contribution in [0.15, 0.2) is 52.8 Å². The van der Waals surface area contributed by atoms with Crippen molar-refractivity contribution in [2.75, 3.05) is 27.4 Å². The Kier molecular flexibility index (Phi) is 6.67. The van der Waals surface area contributed by atoms with Gasteiger partial charge >= 0.3 is 0 Å². The van der Waals surface area contributed by atoms with Crippen LogP contribution in [-0.4, -0.2) is 44.7 Å². The van der Waals surface area contributed by atoms with E-state index in [4.69, 9.17) is 19.1 Å². The summed E-state index contributed by atoms with van der Waals surface area (Å²) in [6.45, 7) is 2.99. The van der Waals surface area contributed by atoms with Crippen molar-refractivity contribution in [3.8, 4) is 11.5 Å². The van der Waals surface area contributed by atoms with Gasteiger partial charge in [0, 0.05) is 24.2 Å². The Hall–Kier alpha value is -3.55. The monoisotopic (exact) mass is 397 g/mol. The van der Waals surface area contributed by atoms with E-state index in [9.17, 15) is 4.79 Å². The highest BCUT2D eigenvalue weighted by Gasteiger charge is 2.21. The van der Waals surface area contributed by atoms with Gasteiger partial charge in [-0.3, -0.25) is 4.79 Å². The summed E-state index contributed by atoms with van der Waals surface area (Å²) < 4.78 is 11.6. The number of carbonyl (C=O) groups is 1. The lowest BCUT2D eigenvalue weighted by atomic mass is 10.0. The number of ether oxygens (including phenoxy) is 2. The molecule has 1 N–H and O–H groups in total. The number of oxime groups is 2. The Bertz CT molecular complexity index is 940. The average Bonchev–Trinajstić information content (AvgIpc) is 3.16. The molecule has 8 nitrogen and oxygen atoms in total. The van der Waals surface area contributed by atoms with E-state index in [1.807, 2.05) is 43.3 Å². The van der Waals surface area contributed by atoms with Gasteiger partial charge in [-0.05, 0) is 24.6 Å². The first-order valence-electron chi connectivity index (χ1n) is 9.18. The van der Waals surface area contributed by atoms with Crippen molar-refractivity contribution in [3.63, 3.8) is 0 Å². The zero-order valence-corrected chi connectivity index (χ0v) is 16.6. The number of hydrogen-bond acceptors (Lipinski definition) is 7. The summed E-state index contributed by atoms with van der Waals surface area (Å²) >= 11 is 0. The van der Waals surface area contributed by atoms with E-state index in [1.54, 1.807) is 13.1 Å². The van der Waals surface area contributed by atoms with Crippen LogP contribution in [0.25, 0.3) is 0 Å². The van der Waals surface area contributed by atoms with Gasteiger partial charge in [0.25, 0.3) is 5.91 Å². The van der Waals surface area contributed by atoms with E-state index in [0.717, 1.165) is 16.8 Å². The summed E-state index contributed by atoms with van der Waals surface area (Å²) in [5.74, 6) is 0.994. The number of benzene rings is 2. The molecule has 2 aromatic carbocycles. The van der Waals surface area contributed by atoms with Gasteiger partial charge < -0.3 is 24.5 Å². The minimum absolute atomic E-state index is 0.184. The van der Waals surface area contributed by atoms with Crippen LogP contribution < -0.4 is 14.8 Å². The Morgan fingerprint density at radius 1 is 1.24 bits per heavy atom. The number of carbonyl (C=O) groups excluding carboxylic acids is 1. The molecule has 0 radical (unpaired) electrons. The normalized spacial score (nSPS) is 14.2. The maximum absolute atomic E-state index is 12.2. The fourth-order valence-electron chi connectivity index (χ4n) is 2.85. The molecular weight excluding hydrogens is 374 g/mol. The van der Waals surface area contributed by atoms with Crippen molar-refractivity contribution in [3.05, 3.63) is 59.2 Å². The van der Waals surface area contributed by atoms with E-state index in [0.29, 0.717) is 30.3 Å². The van der Waals surface area contributed by atoms with Crippen LogP contribution in [0.2, 0.25) is 0 Å². The topological polar surface area (TPSA) is 90.7 Å². The number of amides is 1. The van der Waals surface area contributed by atoms with Crippen LogP contribution in [0.1, 0.15) is 23.6 Å². The summed E-state index contributed by atoms with van der Waals surface area (Å²) in [4.78, 5) is 22.1. The first-order valence-corrected chi connectivity index (χ1v) is 9.18. The van der Waals surface area contributed by atoms with Gasteiger partial charge in [-0.15, -0.1) is 0 Å². The third-order valence-electron chi connectivity index (χ3n) is 4.22. The minimum atomic E-state index is -0.341. The Balaban J connectivity index is 1.78. The van der Waals surface area contributed by atoms with Crippen molar-refractivity contribution >= 4 is 17.3 Å². The first kappa shape index (κ1) is 20.2. The largest absolute Gasteiger partial charge is 0.489 e. The third-order valence-corrected chi connectivity index (χ3v) is 4.22. The van der Waals surface area contributed by atoms with Gasteiger partial charge in [-0.25, -0.2) is 0 Å². The second kappa shape index (κ2) is 9.59. The van der Waals surface area contributed by atoms with Crippen molar-refractivity contribution in [1.82, 2.24) is 5.32 Å². The van der Waals surface area contributed by atoms with E-state index >= 15 is 0 Å². The molecule has 1 aliphatic rings. The lowest BCUT2D eigenvalue weighted by Crippen LogP contribution is -2.29. The SMILES string of the molecule is CCON=C1COc2cc(OCc3ccccc3C(=NOC)C(=O)NC)ccc21. The van der Waals surface area contributed by atoms with E-state index in [1.165, 1.54) is 7.11 Å². The van der Waals surface area contributed by atoms with E-state index in [2.05, 4.69) is 15.6 Å². The number of hydrogen-bond donors (Lipinski definition) is 1. The predicted molar refractivity (Wildman–Crippen MR) is 108 cm³/mol. The van der Waals surface area contributed by atoms with Crippen molar-refractivity contribution in [2.45, 2.75) is 13.5 Å². The summed E-state index contributed by atoms with van der Waals surface area (Å²) in [6, 6.07) is 12.9. The molecule has 3 rings (SSSR count). The van der Waals surface area contributed by atoms with Crippen LogP contribution >= 0.6 is 0 Å². The van der Waals surface area contributed by atoms with Crippen LogP contribution in [0, 0.1) is 0 Å². The van der Waals surface area contributed by atoms with Gasteiger partial charge in [0.15, 0.2) is 5.71 Å². The number of fused-ring (bicyclic) bond motifs is 1. The van der Waals surface area contributed by atoms with Gasteiger partial charge in [0.05, 0.1) is 0 Å². The molecule has 0 saturated heterocycles. The molecule has 0 aromatic heterocycles. The highest BCUT2D eigenvalue weighted by Crippen LogP contribution is 2.30. The fraction of sp³-hybridized carbons (Fsp3) is 0.286. The molecule has 0 spiro atoms. The number of nitrogens with one attached hydrogen (secondary N) is 1. The molecule has 1 heterocycles. The Labute approximate surface area is 169 Å². The van der Waals surface area contributed by atoms with Gasteiger partial charge in [-0.1, -0.05) is 34.6 Å². The zero-order chi connectivity index (χ0) is 20.6. The molecule has 152 valence electrons. The number of likely N-dealkylation sites (N-methyl/N-ethyl adjacent to an activating group) is 1. The molecule has 8 heteroatoms. The Morgan fingerprint density at radius 3 is 2.83 bits per heavy atom. The van der Waals surface area contributed by atoms with Crippen LogP contribution in [0.4, 0.5) is 0 Å². The highest BCUT2D eigenvalue weighted by molar-refractivity contribution is 6.45. The van der Waals surface area contributed by atoms with Gasteiger partial charge in [0.1, 0.15) is 44.1 Å². The summed E-state index contributed by atoms with van der Waals surface area (Å²) in [7, 11) is 2.94. The fourth-order valence-corrected chi connectivity index (χ4v) is 2.85. The third kappa shape index (κ3) is 4.66. The zero-order valence-electron chi connectivity index (χ0n) is 16.6. The maximum atomic E-state index is 12.2. The first-order chi connectivity index (χ1) is 14.2. The average molecular weight is 397 g/mol. The molecule has 0 fully saturated rings. The predicted octanol–water partition coefficient (Wildman–Crippen LogP) is 2.50. The van der Waals surface area contributed by atoms with Crippen molar-refractivity contribution < 1.29 is 23.9 Å². The van der Waals surface area contributed by atoms with Crippen molar-refractivity contribution in [2.24, 2.45) is 10.3 Å². The van der Waals surface area contributed by atoms with Crippen LogP contribution in [0.5, 0.6) is 11.5 Å². The molecule has 29 heavy (non-hydrogen) atoms. The number of nitrogens with zero attached hydrogens (tertiary/aromatic N) is 2. The summed E-state index contributed by atoms with van der Waals surface area (Å²) in [5.41, 5.74) is 3.26. The van der Waals surface area contributed by atoms with Crippen molar-refractivity contribution in [1.29, 1.82) is 0 Å². The smallest absolute Gasteiger partial charge is 0.273 e. The molecule has 0 bridgehead atoms. The molecule has 0 unspecified atom stereocenters. The minimum Gasteiger partial charge on any atom is -0.489 e. The standard InChI is InChI=1S/C21H23N3O5/c1-4-29-23-18-13-28-19-11-15(9-10-17(18)19)27-12-14-7-5-6-8-16(14)20(24-26-3)21(25)22-2/h5-11H,4,12-13H2,1-3H3,(H,22,25). The highest BCUT2D eigenvalue weighted by atomic mass is 16.6. The van der Waals surface area contributed by atoms with Gasteiger partial charge in [0.2, 0.25) is 0 Å². The maximum Gasteiger partial charge on any atom is 0.273 e. The van der Waals surface area contributed by atoms with Crippen LogP contribution in [0.3, 0.4) is 0 Å². The quantitative estimate of drug-likeness (QED) is 0.546. The molecule has 0 saturated carbocycles. The van der Waals surface area contributed by atoms with E-state index < -0.39 is 0 Å². The molecule has 1 aliphatic heterocycles. The second-order valence-electron chi connectivity index (χ2n) is 6.05. The lowest BCUT2D eigenvalue weighted by Gasteiger charge is -2.12. The molecule has 0 atom stereocenters. The van der Waals surface area contributed by atoms with E-state index in [-0.39, 0.29) is 18.2 Å². The van der Waals surface area contributed by atoms with Gasteiger partial charge in [-0.2, -0.15) is 0 Å². The molecule has 0 aliphatic carbocycles. The molecular formula is C21H23N3O5. The Morgan fingerprint density at radius 2 is 2.07 bits per heavy atom. The second-order valence-corrected chi connectivity index (χ2v) is 6.05. The molecule has 1 amide bonds. The summed E-state index contributed by atoms with van der Waals surface area (Å²) in [6.07, 6.45) is 0. The molecule has 2 aromatic rings. The lowest BCUT2D eigenvalue weighted by molar-refractivity contribution is -0.114.